The molecular weight excluding hydrogens is 336 g/mol. The second-order valence-corrected chi connectivity index (χ2v) is 7.04. The van der Waals surface area contributed by atoms with Crippen LogP contribution in [-0.4, -0.2) is 18.7 Å². The SMILES string of the molecule is CCCCCc1ccc(-c2ccc(OCC(C)OC(=O)CCC)cc2)cc1. The highest BCUT2D eigenvalue weighted by atomic mass is 16.6. The Balaban J connectivity index is 1.84. The molecule has 0 aliphatic heterocycles. The highest BCUT2D eigenvalue weighted by molar-refractivity contribution is 5.69. The predicted molar refractivity (Wildman–Crippen MR) is 111 cm³/mol. The van der Waals surface area contributed by atoms with Gasteiger partial charge in [0.2, 0.25) is 0 Å². The summed E-state index contributed by atoms with van der Waals surface area (Å²) in [6, 6.07) is 16.9. The van der Waals surface area contributed by atoms with Gasteiger partial charge >= 0.3 is 5.97 Å². The van der Waals surface area contributed by atoms with Gasteiger partial charge in [-0.1, -0.05) is 63.1 Å². The summed E-state index contributed by atoms with van der Waals surface area (Å²) in [4.78, 5) is 11.5. The summed E-state index contributed by atoms with van der Waals surface area (Å²) in [5, 5.41) is 0. The van der Waals surface area contributed by atoms with Crippen molar-refractivity contribution in [2.45, 2.75) is 65.4 Å². The van der Waals surface area contributed by atoms with E-state index in [4.69, 9.17) is 9.47 Å². The normalized spacial score (nSPS) is 11.8. The molecule has 27 heavy (non-hydrogen) atoms. The fraction of sp³-hybridized carbons (Fsp3) is 0.458. The van der Waals surface area contributed by atoms with E-state index in [2.05, 4.69) is 43.3 Å². The molecule has 0 spiro atoms. The first-order chi connectivity index (χ1) is 13.1. The van der Waals surface area contributed by atoms with Gasteiger partial charge in [0.15, 0.2) is 0 Å². The first-order valence-electron chi connectivity index (χ1n) is 10.1. The van der Waals surface area contributed by atoms with Crippen molar-refractivity contribution in [2.24, 2.45) is 0 Å². The molecule has 1 unspecified atom stereocenters. The lowest BCUT2D eigenvalue weighted by Gasteiger charge is -2.14. The number of aryl methyl sites for hydroxylation is 1. The topological polar surface area (TPSA) is 35.5 Å². The molecule has 0 saturated carbocycles. The van der Waals surface area contributed by atoms with Crippen molar-refractivity contribution in [2.75, 3.05) is 6.61 Å². The van der Waals surface area contributed by atoms with Crippen LogP contribution in [0.4, 0.5) is 0 Å². The number of carbonyl (C=O) groups is 1. The maximum Gasteiger partial charge on any atom is 0.306 e. The zero-order valence-electron chi connectivity index (χ0n) is 16.9. The van der Waals surface area contributed by atoms with Gasteiger partial charge in [0.1, 0.15) is 18.5 Å². The lowest BCUT2D eigenvalue weighted by molar-refractivity contribution is -0.149. The van der Waals surface area contributed by atoms with Crippen LogP contribution in [0.2, 0.25) is 0 Å². The summed E-state index contributed by atoms with van der Waals surface area (Å²) in [6.07, 6.45) is 5.97. The highest BCUT2D eigenvalue weighted by Crippen LogP contribution is 2.23. The Morgan fingerprint density at radius 1 is 0.889 bits per heavy atom. The van der Waals surface area contributed by atoms with E-state index in [1.54, 1.807) is 0 Å². The predicted octanol–water partition coefficient (Wildman–Crippen LogP) is 6.20. The van der Waals surface area contributed by atoms with Gasteiger partial charge < -0.3 is 9.47 Å². The van der Waals surface area contributed by atoms with Gasteiger partial charge in [0.25, 0.3) is 0 Å². The average Bonchev–Trinajstić information content (AvgIpc) is 2.68. The Labute approximate surface area is 163 Å². The van der Waals surface area contributed by atoms with Crippen molar-refractivity contribution in [3.8, 4) is 16.9 Å². The second kappa shape index (κ2) is 11.4. The summed E-state index contributed by atoms with van der Waals surface area (Å²) in [5.74, 6) is 0.621. The van der Waals surface area contributed by atoms with Crippen LogP contribution in [0.5, 0.6) is 5.75 Å². The molecule has 0 N–H and O–H groups in total. The van der Waals surface area contributed by atoms with Crippen molar-refractivity contribution in [1.82, 2.24) is 0 Å². The van der Waals surface area contributed by atoms with E-state index >= 15 is 0 Å². The summed E-state index contributed by atoms with van der Waals surface area (Å²) in [5.41, 5.74) is 3.78. The molecule has 146 valence electrons. The summed E-state index contributed by atoms with van der Waals surface area (Å²) >= 11 is 0. The van der Waals surface area contributed by atoms with Crippen LogP contribution in [0.15, 0.2) is 48.5 Å². The molecule has 0 bridgehead atoms. The molecular formula is C24H32O3. The Hall–Kier alpha value is -2.29. The number of unbranched alkanes of at least 4 members (excludes halogenated alkanes) is 2. The minimum atomic E-state index is -0.246. The van der Waals surface area contributed by atoms with Crippen LogP contribution < -0.4 is 4.74 Å². The Morgan fingerprint density at radius 2 is 1.52 bits per heavy atom. The maximum absolute atomic E-state index is 11.5. The van der Waals surface area contributed by atoms with Crippen LogP contribution in [0.1, 0.15) is 58.4 Å². The van der Waals surface area contributed by atoms with Gasteiger partial charge in [-0.15, -0.1) is 0 Å². The molecule has 0 aliphatic carbocycles. The molecule has 2 rings (SSSR count). The first-order valence-corrected chi connectivity index (χ1v) is 10.1. The minimum Gasteiger partial charge on any atom is -0.490 e. The second-order valence-electron chi connectivity index (χ2n) is 7.04. The molecule has 0 aromatic heterocycles. The molecule has 0 heterocycles. The van der Waals surface area contributed by atoms with Gasteiger partial charge in [0, 0.05) is 6.42 Å². The van der Waals surface area contributed by atoms with E-state index < -0.39 is 0 Å². The zero-order valence-corrected chi connectivity index (χ0v) is 16.9. The lowest BCUT2D eigenvalue weighted by Crippen LogP contribution is -2.21. The molecule has 0 radical (unpaired) electrons. The Morgan fingerprint density at radius 3 is 2.11 bits per heavy atom. The molecule has 2 aromatic rings. The first kappa shape index (κ1) is 21.0. The Bertz CT molecular complexity index is 674. The van der Waals surface area contributed by atoms with Crippen molar-refractivity contribution < 1.29 is 14.3 Å². The molecule has 1 atom stereocenters. The average molecular weight is 369 g/mol. The van der Waals surface area contributed by atoms with Crippen LogP contribution in [-0.2, 0) is 16.0 Å². The standard InChI is InChI=1S/C24H32O3/c1-4-6-7-9-20-10-12-21(13-11-20)22-14-16-23(17-15-22)26-18-19(3)27-24(25)8-5-2/h10-17,19H,4-9,18H2,1-3H3. The fourth-order valence-electron chi connectivity index (χ4n) is 2.92. The number of esters is 1. The molecule has 0 fully saturated rings. The van der Waals surface area contributed by atoms with Crippen LogP contribution in [0, 0.1) is 0 Å². The number of ether oxygens (including phenoxy) is 2. The Kier molecular flexibility index (Phi) is 8.90. The maximum atomic E-state index is 11.5. The quantitative estimate of drug-likeness (QED) is 0.350. The number of rotatable bonds is 11. The van der Waals surface area contributed by atoms with Gasteiger partial charge in [-0.05, 0) is 55.0 Å². The third kappa shape index (κ3) is 7.46. The number of benzene rings is 2. The van der Waals surface area contributed by atoms with Crippen LogP contribution in [0.25, 0.3) is 11.1 Å². The third-order valence-electron chi connectivity index (χ3n) is 4.48. The van der Waals surface area contributed by atoms with Gasteiger partial charge in [0.05, 0.1) is 0 Å². The highest BCUT2D eigenvalue weighted by Gasteiger charge is 2.09. The summed E-state index contributed by atoms with van der Waals surface area (Å²) in [6.45, 7) is 6.41. The van der Waals surface area contributed by atoms with Gasteiger partial charge in [-0.25, -0.2) is 0 Å². The smallest absolute Gasteiger partial charge is 0.306 e. The molecule has 3 heteroatoms. The zero-order chi connectivity index (χ0) is 19.5. The fourth-order valence-corrected chi connectivity index (χ4v) is 2.92. The minimum absolute atomic E-state index is 0.165. The molecule has 3 nitrogen and oxygen atoms in total. The summed E-state index contributed by atoms with van der Waals surface area (Å²) < 4.78 is 11.0. The largest absolute Gasteiger partial charge is 0.490 e. The van der Waals surface area contributed by atoms with Crippen molar-refractivity contribution in [1.29, 1.82) is 0 Å². The van der Waals surface area contributed by atoms with E-state index in [9.17, 15) is 4.79 Å². The molecule has 0 saturated heterocycles. The van der Waals surface area contributed by atoms with E-state index in [-0.39, 0.29) is 12.1 Å². The molecule has 0 amide bonds. The van der Waals surface area contributed by atoms with Crippen LogP contribution >= 0.6 is 0 Å². The molecule has 2 aromatic carbocycles. The van der Waals surface area contributed by atoms with E-state index in [1.165, 1.54) is 36.0 Å². The van der Waals surface area contributed by atoms with E-state index in [1.807, 2.05) is 26.0 Å². The van der Waals surface area contributed by atoms with Gasteiger partial charge in [-0.3, -0.25) is 4.79 Å². The van der Waals surface area contributed by atoms with Crippen molar-refractivity contribution in [3.05, 3.63) is 54.1 Å². The lowest BCUT2D eigenvalue weighted by atomic mass is 10.0. The van der Waals surface area contributed by atoms with Crippen molar-refractivity contribution >= 4 is 5.97 Å². The number of hydrogen-bond acceptors (Lipinski definition) is 3. The van der Waals surface area contributed by atoms with Crippen LogP contribution in [0.3, 0.4) is 0 Å². The third-order valence-corrected chi connectivity index (χ3v) is 4.48. The van der Waals surface area contributed by atoms with Gasteiger partial charge in [-0.2, -0.15) is 0 Å². The van der Waals surface area contributed by atoms with E-state index in [0.29, 0.717) is 13.0 Å². The van der Waals surface area contributed by atoms with E-state index in [0.717, 1.165) is 18.6 Å². The monoisotopic (exact) mass is 368 g/mol. The summed E-state index contributed by atoms with van der Waals surface area (Å²) in [7, 11) is 0. The number of hydrogen-bond donors (Lipinski definition) is 0. The molecule has 0 aliphatic rings. The number of carbonyl (C=O) groups excluding carboxylic acids is 1. The van der Waals surface area contributed by atoms with Crippen molar-refractivity contribution in [3.63, 3.8) is 0 Å².